The van der Waals surface area contributed by atoms with E-state index in [-0.39, 0.29) is 5.41 Å². The Labute approximate surface area is 297 Å². The lowest BCUT2D eigenvalue weighted by molar-refractivity contribution is 0.591. The number of benzene rings is 7. The van der Waals surface area contributed by atoms with Gasteiger partial charge in [0.1, 0.15) is 11.2 Å². The van der Waals surface area contributed by atoms with Gasteiger partial charge in [-0.3, -0.25) is 0 Å². The van der Waals surface area contributed by atoms with Gasteiger partial charge in [-0.2, -0.15) is 0 Å². The van der Waals surface area contributed by atoms with Gasteiger partial charge >= 0.3 is 0 Å². The molecule has 2 heterocycles. The lowest BCUT2D eigenvalue weighted by Crippen LogP contribution is -2.14. The molecule has 0 spiro atoms. The zero-order chi connectivity index (χ0) is 34.5. The average Bonchev–Trinajstić information content (AvgIpc) is 3.56. The summed E-state index contributed by atoms with van der Waals surface area (Å²) in [4.78, 5) is 15.4. The SMILES string of the molecule is CC(C)(C)c1ccc(-c2cccc3c2oc2ccccc23)cc1-c1nc(-c2ccccc2)nc(-c2ccc(-c3ccc4ccccc4c3)cc2)n1. The van der Waals surface area contributed by atoms with Crippen LogP contribution in [0.1, 0.15) is 26.3 Å². The molecule has 0 bridgehead atoms. The summed E-state index contributed by atoms with van der Waals surface area (Å²) >= 11 is 0. The molecule has 9 rings (SSSR count). The monoisotopic (exact) mass is 657 g/mol. The fraction of sp³-hybridized carbons (Fsp3) is 0.0851. The summed E-state index contributed by atoms with van der Waals surface area (Å²) in [5.41, 5.74) is 9.99. The molecular formula is C47H35N3O. The van der Waals surface area contributed by atoms with Crippen LogP contribution in [0.5, 0.6) is 0 Å². The van der Waals surface area contributed by atoms with Gasteiger partial charge in [0.05, 0.1) is 0 Å². The smallest absolute Gasteiger partial charge is 0.164 e. The Kier molecular flexibility index (Phi) is 7.32. The normalized spacial score (nSPS) is 11.8. The third-order valence-electron chi connectivity index (χ3n) is 9.68. The molecule has 0 aliphatic rings. The Bertz CT molecular complexity index is 2720. The molecule has 0 aliphatic heterocycles. The Balaban J connectivity index is 1.20. The zero-order valence-electron chi connectivity index (χ0n) is 28.8. The molecule has 2 aromatic heterocycles. The highest BCUT2D eigenvalue weighted by Gasteiger charge is 2.23. The number of nitrogens with zero attached hydrogens (tertiary/aromatic N) is 3. The standard InChI is InChI=1S/C47H35N3O/c1-47(2,3)41-27-26-36(37-17-11-18-39-38-16-9-10-19-42(38)51-43(37)39)29-40(41)46-49-44(32-13-5-4-6-14-32)48-45(50-46)33-23-20-31(21-24-33)35-25-22-30-12-7-8-15-34(30)28-35/h4-29H,1-3H3. The third-order valence-corrected chi connectivity index (χ3v) is 9.68. The van der Waals surface area contributed by atoms with Crippen molar-refractivity contribution in [3.8, 4) is 56.4 Å². The van der Waals surface area contributed by atoms with Crippen LogP contribution in [0.25, 0.3) is 89.1 Å². The second-order valence-electron chi connectivity index (χ2n) is 14.1. The number of furan rings is 1. The molecule has 0 unspecified atom stereocenters. The number of fused-ring (bicyclic) bond motifs is 4. The summed E-state index contributed by atoms with van der Waals surface area (Å²) in [5, 5.41) is 4.67. The lowest BCUT2D eigenvalue weighted by Gasteiger charge is -2.23. The van der Waals surface area contributed by atoms with E-state index < -0.39 is 0 Å². The van der Waals surface area contributed by atoms with Gasteiger partial charge in [-0.05, 0) is 56.6 Å². The third kappa shape index (κ3) is 5.65. The summed E-state index contributed by atoms with van der Waals surface area (Å²) in [6, 6.07) is 54.9. The first-order chi connectivity index (χ1) is 24.9. The molecule has 0 atom stereocenters. The predicted octanol–water partition coefficient (Wildman–Crippen LogP) is 12.6. The summed E-state index contributed by atoms with van der Waals surface area (Å²) in [5.74, 6) is 1.91. The maximum Gasteiger partial charge on any atom is 0.164 e. The van der Waals surface area contributed by atoms with E-state index in [9.17, 15) is 0 Å². The average molecular weight is 658 g/mol. The van der Waals surface area contributed by atoms with Crippen LogP contribution < -0.4 is 0 Å². The van der Waals surface area contributed by atoms with Crippen molar-refractivity contribution in [1.29, 1.82) is 0 Å². The van der Waals surface area contributed by atoms with Gasteiger partial charge in [0.25, 0.3) is 0 Å². The van der Waals surface area contributed by atoms with Crippen LogP contribution >= 0.6 is 0 Å². The van der Waals surface area contributed by atoms with E-state index in [0.29, 0.717) is 17.5 Å². The van der Waals surface area contributed by atoms with E-state index in [2.05, 4.69) is 148 Å². The molecule has 0 saturated heterocycles. The van der Waals surface area contributed by atoms with Crippen molar-refractivity contribution < 1.29 is 4.42 Å². The first-order valence-corrected chi connectivity index (χ1v) is 17.4. The quantitative estimate of drug-likeness (QED) is 0.185. The molecule has 0 N–H and O–H groups in total. The number of para-hydroxylation sites is 2. The minimum absolute atomic E-state index is 0.166. The first kappa shape index (κ1) is 30.7. The van der Waals surface area contributed by atoms with Crippen molar-refractivity contribution in [2.24, 2.45) is 0 Å². The molecule has 7 aromatic carbocycles. The predicted molar refractivity (Wildman–Crippen MR) is 210 cm³/mol. The summed E-state index contributed by atoms with van der Waals surface area (Å²) in [7, 11) is 0. The fourth-order valence-electron chi connectivity index (χ4n) is 7.05. The van der Waals surface area contributed by atoms with Crippen LogP contribution in [0.2, 0.25) is 0 Å². The Morgan fingerprint density at radius 1 is 0.412 bits per heavy atom. The molecular weight excluding hydrogens is 623 g/mol. The number of hydrogen-bond acceptors (Lipinski definition) is 4. The topological polar surface area (TPSA) is 51.8 Å². The van der Waals surface area contributed by atoms with Crippen LogP contribution in [-0.2, 0) is 5.41 Å². The Hall–Kier alpha value is -6.39. The van der Waals surface area contributed by atoms with E-state index in [1.807, 2.05) is 30.3 Å². The van der Waals surface area contributed by atoms with E-state index in [1.54, 1.807) is 0 Å². The summed E-state index contributed by atoms with van der Waals surface area (Å²) < 4.78 is 6.46. The minimum Gasteiger partial charge on any atom is -0.455 e. The van der Waals surface area contributed by atoms with Gasteiger partial charge in [-0.1, -0.05) is 160 Å². The maximum atomic E-state index is 6.46. The van der Waals surface area contributed by atoms with Gasteiger partial charge in [-0.25, -0.2) is 15.0 Å². The van der Waals surface area contributed by atoms with Crippen molar-refractivity contribution >= 4 is 32.7 Å². The number of rotatable bonds is 5. The van der Waals surface area contributed by atoms with Crippen LogP contribution in [-0.4, -0.2) is 15.0 Å². The molecule has 0 amide bonds. The second kappa shape index (κ2) is 12.2. The van der Waals surface area contributed by atoms with Crippen molar-refractivity contribution in [3.05, 3.63) is 163 Å². The summed E-state index contributed by atoms with van der Waals surface area (Å²) in [6.07, 6.45) is 0. The number of hydrogen-bond donors (Lipinski definition) is 0. The molecule has 51 heavy (non-hydrogen) atoms. The Morgan fingerprint density at radius 3 is 1.80 bits per heavy atom. The van der Waals surface area contributed by atoms with Crippen molar-refractivity contribution in [3.63, 3.8) is 0 Å². The molecule has 244 valence electrons. The highest BCUT2D eigenvalue weighted by Crippen LogP contribution is 2.40. The molecule has 4 heteroatoms. The van der Waals surface area contributed by atoms with Gasteiger partial charge in [-0.15, -0.1) is 0 Å². The van der Waals surface area contributed by atoms with E-state index in [1.165, 1.54) is 16.3 Å². The van der Waals surface area contributed by atoms with Crippen LogP contribution in [0.15, 0.2) is 162 Å². The number of aromatic nitrogens is 3. The van der Waals surface area contributed by atoms with Crippen LogP contribution in [0.4, 0.5) is 0 Å². The minimum atomic E-state index is -0.166. The largest absolute Gasteiger partial charge is 0.455 e. The highest BCUT2D eigenvalue weighted by molar-refractivity contribution is 6.09. The van der Waals surface area contributed by atoms with Crippen molar-refractivity contribution in [2.45, 2.75) is 26.2 Å². The molecule has 9 aromatic rings. The maximum absolute atomic E-state index is 6.46. The first-order valence-electron chi connectivity index (χ1n) is 17.4. The Morgan fingerprint density at radius 2 is 1.02 bits per heavy atom. The van der Waals surface area contributed by atoms with Gasteiger partial charge < -0.3 is 4.42 Å². The zero-order valence-corrected chi connectivity index (χ0v) is 28.8. The van der Waals surface area contributed by atoms with Gasteiger partial charge in [0, 0.05) is 33.0 Å². The molecule has 0 fully saturated rings. The van der Waals surface area contributed by atoms with Gasteiger partial charge in [0.2, 0.25) is 0 Å². The van der Waals surface area contributed by atoms with Crippen LogP contribution in [0.3, 0.4) is 0 Å². The molecule has 0 aliphatic carbocycles. The van der Waals surface area contributed by atoms with E-state index >= 15 is 0 Å². The molecule has 0 radical (unpaired) electrons. The van der Waals surface area contributed by atoms with E-state index in [0.717, 1.165) is 60.9 Å². The second-order valence-corrected chi connectivity index (χ2v) is 14.1. The van der Waals surface area contributed by atoms with E-state index in [4.69, 9.17) is 19.4 Å². The van der Waals surface area contributed by atoms with Crippen LogP contribution in [0, 0.1) is 0 Å². The van der Waals surface area contributed by atoms with Crippen molar-refractivity contribution in [2.75, 3.05) is 0 Å². The fourth-order valence-corrected chi connectivity index (χ4v) is 7.05. The highest BCUT2D eigenvalue weighted by atomic mass is 16.3. The lowest BCUT2D eigenvalue weighted by atomic mass is 9.82. The van der Waals surface area contributed by atoms with Crippen molar-refractivity contribution in [1.82, 2.24) is 15.0 Å². The molecule has 4 nitrogen and oxygen atoms in total. The summed E-state index contributed by atoms with van der Waals surface area (Å²) in [6.45, 7) is 6.70. The molecule has 0 saturated carbocycles. The van der Waals surface area contributed by atoms with Gasteiger partial charge in [0.15, 0.2) is 17.5 Å².